The first-order chi connectivity index (χ1) is 13.7. The highest BCUT2D eigenvalue weighted by atomic mass is 16.3. The molecular formula is C16H16N10O2. The molecule has 0 spiro atoms. The van der Waals surface area contributed by atoms with Crippen LogP contribution in [0.4, 0.5) is 22.7 Å². The highest BCUT2D eigenvalue weighted by Gasteiger charge is 2.03. The van der Waals surface area contributed by atoms with Crippen LogP contribution in [0.25, 0.3) is 0 Å². The Bertz CT molecular complexity index is 875. The normalized spacial score (nSPS) is 11.9. The van der Waals surface area contributed by atoms with Crippen molar-refractivity contribution >= 4 is 35.2 Å². The topological polar surface area (TPSA) is 185 Å². The van der Waals surface area contributed by atoms with Gasteiger partial charge in [0.2, 0.25) is 0 Å². The van der Waals surface area contributed by atoms with Crippen LogP contribution >= 0.6 is 0 Å². The number of nitrogens with two attached hydrogens (primary N) is 2. The van der Waals surface area contributed by atoms with Gasteiger partial charge in [0.05, 0.1) is 24.5 Å². The number of hydrogen-bond acceptors (Lipinski definition) is 10. The lowest BCUT2D eigenvalue weighted by Crippen LogP contribution is -1.91. The van der Waals surface area contributed by atoms with E-state index in [1.165, 1.54) is 24.6 Å². The van der Waals surface area contributed by atoms with Crippen molar-refractivity contribution in [2.75, 3.05) is 13.1 Å². The van der Waals surface area contributed by atoms with Gasteiger partial charge < -0.3 is 11.7 Å². The minimum Gasteiger partial charge on any atom is -0.305 e. The zero-order chi connectivity index (χ0) is 20.2. The van der Waals surface area contributed by atoms with Gasteiger partial charge in [-0.1, -0.05) is 10.4 Å². The largest absolute Gasteiger partial charge is 0.305 e. The molecule has 12 heteroatoms. The molecule has 0 aromatic heterocycles. The average molecular weight is 380 g/mol. The Hall–Kier alpha value is -4.22. The standard InChI is InChI=1S/C16H16N10O2/c17-25-21-13-1-3-15(23-27)11(7-13)9-19-5-6-20-10-12-8-14(22-26-18)2-4-16(12)24-28/h1-4,7-10H,5-6H2,(H2,17,21)(H2,18,22). The summed E-state index contributed by atoms with van der Waals surface area (Å²) in [5.74, 6) is 10.0. The van der Waals surface area contributed by atoms with Crippen LogP contribution in [-0.4, -0.2) is 25.5 Å². The van der Waals surface area contributed by atoms with Crippen LogP contribution in [0.15, 0.2) is 77.4 Å². The van der Waals surface area contributed by atoms with Crippen LogP contribution in [0.1, 0.15) is 11.1 Å². The van der Waals surface area contributed by atoms with Gasteiger partial charge in [0, 0.05) is 23.6 Å². The fraction of sp³-hybridized carbons (Fsp3) is 0.125. The molecule has 2 aromatic carbocycles. The summed E-state index contributed by atoms with van der Waals surface area (Å²) in [6.45, 7) is 0.674. The van der Waals surface area contributed by atoms with Gasteiger partial charge in [0.15, 0.2) is 0 Å². The number of rotatable bonds is 9. The quantitative estimate of drug-likeness (QED) is 0.167. The molecule has 12 nitrogen and oxygen atoms in total. The Labute approximate surface area is 159 Å². The lowest BCUT2D eigenvalue weighted by molar-refractivity contribution is 0.985. The van der Waals surface area contributed by atoms with Crippen molar-refractivity contribution in [1.82, 2.24) is 0 Å². The second-order valence-corrected chi connectivity index (χ2v) is 5.17. The third-order valence-corrected chi connectivity index (χ3v) is 3.38. The number of hydrogen-bond donors (Lipinski definition) is 2. The first-order valence-electron chi connectivity index (χ1n) is 7.88. The van der Waals surface area contributed by atoms with E-state index < -0.39 is 0 Å². The zero-order valence-electron chi connectivity index (χ0n) is 14.6. The summed E-state index contributed by atoms with van der Waals surface area (Å²) in [7, 11) is 0. The van der Waals surface area contributed by atoms with E-state index in [0.717, 1.165) is 0 Å². The van der Waals surface area contributed by atoms with E-state index in [2.05, 4.69) is 41.0 Å². The van der Waals surface area contributed by atoms with Crippen LogP contribution in [0.5, 0.6) is 0 Å². The lowest BCUT2D eigenvalue weighted by Gasteiger charge is -1.99. The van der Waals surface area contributed by atoms with Gasteiger partial charge in [-0.05, 0) is 46.8 Å². The Morgan fingerprint density at radius 2 is 1.14 bits per heavy atom. The molecule has 0 aliphatic carbocycles. The van der Waals surface area contributed by atoms with Gasteiger partial charge in [-0.15, -0.1) is 20.0 Å². The van der Waals surface area contributed by atoms with Crippen LogP contribution in [0.3, 0.4) is 0 Å². The van der Waals surface area contributed by atoms with E-state index in [4.69, 9.17) is 11.7 Å². The van der Waals surface area contributed by atoms with Gasteiger partial charge in [-0.25, -0.2) is 0 Å². The molecule has 0 heterocycles. The van der Waals surface area contributed by atoms with Crippen LogP contribution in [0.2, 0.25) is 0 Å². The molecule has 2 rings (SSSR count). The van der Waals surface area contributed by atoms with Gasteiger partial charge >= 0.3 is 0 Å². The van der Waals surface area contributed by atoms with E-state index >= 15 is 0 Å². The Balaban J connectivity index is 2.02. The first kappa shape index (κ1) is 20.1. The second kappa shape index (κ2) is 10.7. The predicted octanol–water partition coefficient (Wildman–Crippen LogP) is 3.94. The molecule has 0 amide bonds. The predicted molar refractivity (Wildman–Crippen MR) is 106 cm³/mol. The third-order valence-electron chi connectivity index (χ3n) is 3.38. The molecule has 0 saturated heterocycles. The highest BCUT2D eigenvalue weighted by molar-refractivity contribution is 5.88. The summed E-state index contributed by atoms with van der Waals surface area (Å²) in [6.07, 6.45) is 2.98. The van der Waals surface area contributed by atoms with Crippen molar-refractivity contribution in [3.8, 4) is 0 Å². The number of nitroso groups, excluding NO2 is 2. The molecule has 0 fully saturated rings. The minimum atomic E-state index is 0.218. The fourth-order valence-electron chi connectivity index (χ4n) is 2.16. The molecule has 142 valence electrons. The summed E-state index contributed by atoms with van der Waals surface area (Å²) >= 11 is 0. The molecule has 2 aromatic rings. The maximum atomic E-state index is 10.9. The zero-order valence-corrected chi connectivity index (χ0v) is 14.6. The summed E-state index contributed by atoms with van der Waals surface area (Å²) in [4.78, 5) is 30.1. The molecule has 4 N–H and O–H groups in total. The summed E-state index contributed by atoms with van der Waals surface area (Å²) in [6, 6.07) is 9.28. The Morgan fingerprint density at radius 3 is 1.50 bits per heavy atom. The van der Waals surface area contributed by atoms with Crippen molar-refractivity contribution in [2.45, 2.75) is 0 Å². The van der Waals surface area contributed by atoms with Gasteiger partial charge in [0.1, 0.15) is 11.4 Å². The lowest BCUT2D eigenvalue weighted by atomic mass is 10.2. The minimum absolute atomic E-state index is 0.218. The summed E-state index contributed by atoms with van der Waals surface area (Å²) in [5, 5.41) is 19.6. The van der Waals surface area contributed by atoms with E-state index in [1.54, 1.807) is 24.3 Å². The molecule has 0 saturated carbocycles. The van der Waals surface area contributed by atoms with Crippen molar-refractivity contribution in [3.63, 3.8) is 0 Å². The number of aliphatic imine (C=N–C) groups is 2. The molecule has 28 heavy (non-hydrogen) atoms. The smallest absolute Gasteiger partial charge is 0.116 e. The fourth-order valence-corrected chi connectivity index (χ4v) is 2.16. The van der Waals surface area contributed by atoms with E-state index in [9.17, 15) is 9.81 Å². The van der Waals surface area contributed by atoms with Crippen molar-refractivity contribution in [3.05, 3.63) is 57.3 Å². The Morgan fingerprint density at radius 1 is 0.714 bits per heavy atom. The maximum absolute atomic E-state index is 10.9. The maximum Gasteiger partial charge on any atom is 0.116 e. The van der Waals surface area contributed by atoms with Crippen molar-refractivity contribution < 1.29 is 0 Å². The number of benzene rings is 2. The molecule has 0 bridgehead atoms. The highest BCUT2D eigenvalue weighted by Crippen LogP contribution is 2.24. The average Bonchev–Trinajstić information content (AvgIpc) is 2.71. The van der Waals surface area contributed by atoms with Crippen LogP contribution < -0.4 is 11.7 Å². The van der Waals surface area contributed by atoms with Crippen molar-refractivity contribution in [1.29, 1.82) is 0 Å². The van der Waals surface area contributed by atoms with E-state index in [0.29, 0.717) is 35.6 Å². The molecule has 0 unspecified atom stereocenters. The van der Waals surface area contributed by atoms with Gasteiger partial charge in [-0.3, -0.25) is 9.98 Å². The molecular weight excluding hydrogens is 364 g/mol. The molecule has 0 radical (unpaired) electrons. The number of nitrogens with zero attached hydrogens (tertiary/aromatic N) is 8. The van der Waals surface area contributed by atoms with Crippen LogP contribution in [0, 0.1) is 9.81 Å². The SMILES string of the molecule is NN=Nc1ccc(N=O)c(C=NCCN=Cc2cc(N=NN)ccc2N=O)c1. The van der Waals surface area contributed by atoms with Crippen molar-refractivity contribution in [2.24, 2.45) is 52.7 Å². The van der Waals surface area contributed by atoms with Crippen LogP contribution in [-0.2, 0) is 0 Å². The first-order valence-corrected chi connectivity index (χ1v) is 7.88. The molecule has 0 aliphatic rings. The second-order valence-electron chi connectivity index (χ2n) is 5.17. The van der Waals surface area contributed by atoms with Gasteiger partial charge in [0.25, 0.3) is 0 Å². The monoisotopic (exact) mass is 380 g/mol. The van der Waals surface area contributed by atoms with Gasteiger partial charge in [-0.2, -0.15) is 0 Å². The summed E-state index contributed by atoms with van der Waals surface area (Å²) in [5.41, 5.74) is 2.34. The molecule has 0 atom stereocenters. The summed E-state index contributed by atoms with van der Waals surface area (Å²) < 4.78 is 0. The van der Waals surface area contributed by atoms with E-state index in [1.807, 2.05) is 0 Å². The third kappa shape index (κ3) is 5.66. The molecule has 0 aliphatic heterocycles. The van der Waals surface area contributed by atoms with E-state index in [-0.39, 0.29) is 11.4 Å². The Kier molecular flexibility index (Phi) is 7.68.